The smallest absolute Gasteiger partial charge is 0.323 e. The number of methoxy groups -OCH3 is 3. The molecule has 1 saturated heterocycles. The van der Waals surface area contributed by atoms with Gasteiger partial charge in [-0.2, -0.15) is 0 Å². The normalized spacial score (nSPS) is 14.7. The molecule has 0 bridgehead atoms. The fourth-order valence-corrected chi connectivity index (χ4v) is 11.6. The first-order chi connectivity index (χ1) is 53.7. The van der Waals surface area contributed by atoms with Crippen molar-refractivity contribution in [3.05, 3.63) is 143 Å². The van der Waals surface area contributed by atoms with Crippen molar-refractivity contribution in [2.24, 2.45) is 0 Å². The van der Waals surface area contributed by atoms with E-state index in [-0.39, 0.29) is 137 Å². The van der Waals surface area contributed by atoms with Crippen LogP contribution in [0.3, 0.4) is 0 Å². The molecule has 610 valence electrons. The monoisotopic (exact) mass is 1540 g/mol. The summed E-state index contributed by atoms with van der Waals surface area (Å²) < 4.78 is 96.2. The lowest BCUT2D eigenvalue weighted by molar-refractivity contribution is -0.158. The number of aryl methyl sites for hydroxylation is 3. The van der Waals surface area contributed by atoms with Crippen molar-refractivity contribution in [1.82, 2.24) is 64.6 Å². The highest BCUT2D eigenvalue weighted by molar-refractivity contribution is 5.77. The van der Waals surface area contributed by atoms with Gasteiger partial charge in [-0.1, -0.05) is 107 Å². The summed E-state index contributed by atoms with van der Waals surface area (Å²) in [7, 11) is 4.87. The molecule has 33 heteroatoms. The van der Waals surface area contributed by atoms with Crippen LogP contribution in [0, 0.1) is 0 Å². The van der Waals surface area contributed by atoms with Crippen molar-refractivity contribution in [3.63, 3.8) is 0 Å². The van der Waals surface area contributed by atoms with E-state index in [1.807, 2.05) is 117 Å². The van der Waals surface area contributed by atoms with E-state index in [4.69, 9.17) is 75.8 Å². The molecule has 1 fully saturated rings. The molecule has 3 aromatic carbocycles. The van der Waals surface area contributed by atoms with Gasteiger partial charge in [-0.25, -0.2) is 0 Å². The summed E-state index contributed by atoms with van der Waals surface area (Å²) in [6, 6.07) is 25.6. The Morgan fingerprint density at radius 2 is 0.618 bits per heavy atom. The minimum absolute atomic E-state index is 0.00270. The molecule has 1 aliphatic rings. The zero-order valence-corrected chi connectivity index (χ0v) is 65.2. The molecule has 0 saturated carbocycles. The van der Waals surface area contributed by atoms with Gasteiger partial charge in [0.05, 0.1) is 164 Å². The van der Waals surface area contributed by atoms with E-state index in [0.29, 0.717) is 136 Å². The minimum atomic E-state index is -0.939. The number of aromatic nitrogens is 9. The Balaban J connectivity index is 1.21. The predicted octanol–water partition coefficient (Wildman–Crippen LogP) is 4.52. The molecular formula is C77H117N13O20. The number of rotatable bonds is 56. The van der Waals surface area contributed by atoms with Gasteiger partial charge in [0.2, 0.25) is 0 Å². The topological polar surface area (TPSA) is 321 Å². The molecule has 3 atom stereocenters. The van der Waals surface area contributed by atoms with Crippen LogP contribution in [-0.2, 0) is 154 Å². The third kappa shape index (κ3) is 37.6. The van der Waals surface area contributed by atoms with Crippen LogP contribution in [0.1, 0.15) is 73.8 Å². The van der Waals surface area contributed by atoms with Gasteiger partial charge in [0, 0.05) is 93.3 Å². The third-order valence-corrected chi connectivity index (χ3v) is 17.3. The molecule has 7 rings (SSSR count). The van der Waals surface area contributed by atoms with E-state index in [1.165, 1.54) is 0 Å². The highest BCUT2D eigenvalue weighted by atomic mass is 16.6. The lowest BCUT2D eigenvalue weighted by Crippen LogP contribution is -2.56. The summed E-state index contributed by atoms with van der Waals surface area (Å²) in [5.74, 6) is -1.94. The molecule has 0 radical (unpaired) electrons. The molecule has 0 N–H and O–H groups in total. The first-order valence-electron chi connectivity index (χ1n) is 37.9. The number of hydrogen-bond donors (Lipinski definition) is 0. The quantitative estimate of drug-likeness (QED) is 0.0288. The van der Waals surface area contributed by atoms with E-state index < -0.39 is 47.6 Å². The Kier molecular flexibility index (Phi) is 44.0. The SMILES string of the molecule is COCCOCCOCCOCc1cn(CC[C@H](C(=O)OCc2ccccc2)N2CCN(CC(=O)OC(C)(C)C)CCN([C@H](CCn3cc(COCCOCCOCCOC)nn3)C(=O)OCc3ccccc3)CCN([C@H](CCn3cc(COCCOCCOCCOC)nn3)C(=O)OCc3ccccc3)CC2)nn1. The standard InChI is InChI=1S/C77H117N13O20/c1-77(2,3)110-73(91)57-84-28-30-85(70(74(92)107-58-64-16-10-7-11-17-64)22-25-88-54-67(78-81-88)61-104-51-48-101-45-42-98-39-36-95-4)32-34-87(72(76(94)109-60-66-20-14-9-15-21-66)24-27-90-56-69(80-83-90)63-106-53-50-103-47-44-100-41-38-97-6)35-33-86(31-29-84)71(75(93)108-59-65-18-12-8-13-19-65)23-26-89-55-68(79-82-89)62-105-52-49-102-46-43-99-40-37-96-5/h7-21,54-56,70-72H,22-53,57-63H2,1-6H3/t70-,71-,72-/m1/s1. The van der Waals surface area contributed by atoms with E-state index in [0.717, 1.165) is 16.7 Å². The second-order valence-electron chi connectivity index (χ2n) is 26.9. The van der Waals surface area contributed by atoms with Crippen molar-refractivity contribution in [2.75, 3.05) is 199 Å². The molecule has 3 aromatic heterocycles. The zero-order chi connectivity index (χ0) is 77.9. The molecule has 4 heterocycles. The van der Waals surface area contributed by atoms with Crippen molar-refractivity contribution < 1.29 is 95.0 Å². The average molecular weight is 1540 g/mol. The summed E-state index contributed by atoms with van der Waals surface area (Å²) in [6.07, 6.45) is 5.97. The molecule has 0 aliphatic carbocycles. The van der Waals surface area contributed by atoms with Gasteiger partial charge in [-0.15, -0.1) is 15.3 Å². The highest BCUT2D eigenvalue weighted by Crippen LogP contribution is 2.20. The molecule has 1 aliphatic heterocycles. The summed E-state index contributed by atoms with van der Waals surface area (Å²) in [4.78, 5) is 68.1. The summed E-state index contributed by atoms with van der Waals surface area (Å²) in [5.41, 5.74) is 3.31. The predicted molar refractivity (Wildman–Crippen MR) is 401 cm³/mol. The minimum Gasteiger partial charge on any atom is -0.460 e. The number of esters is 4. The Hall–Kier alpha value is -7.68. The van der Waals surface area contributed by atoms with E-state index in [9.17, 15) is 4.79 Å². The van der Waals surface area contributed by atoms with Crippen LogP contribution in [0.25, 0.3) is 0 Å². The van der Waals surface area contributed by atoms with Crippen LogP contribution < -0.4 is 0 Å². The molecule has 33 nitrogen and oxygen atoms in total. The van der Waals surface area contributed by atoms with Crippen LogP contribution in [0.4, 0.5) is 0 Å². The largest absolute Gasteiger partial charge is 0.460 e. The molecule has 0 spiro atoms. The van der Waals surface area contributed by atoms with Gasteiger partial charge < -0.3 is 75.8 Å². The van der Waals surface area contributed by atoms with Crippen LogP contribution in [0.5, 0.6) is 0 Å². The third-order valence-electron chi connectivity index (χ3n) is 17.3. The number of benzene rings is 3. The van der Waals surface area contributed by atoms with Gasteiger partial charge >= 0.3 is 23.9 Å². The number of carbonyl (C=O) groups excluding carboxylic acids is 4. The van der Waals surface area contributed by atoms with Gasteiger partial charge in [-0.05, 0) is 56.7 Å². The molecular weight excluding hydrogens is 1430 g/mol. The van der Waals surface area contributed by atoms with E-state index in [2.05, 4.69) is 45.6 Å². The van der Waals surface area contributed by atoms with Crippen LogP contribution >= 0.6 is 0 Å². The Morgan fingerprint density at radius 1 is 0.355 bits per heavy atom. The molecule has 0 amide bonds. The van der Waals surface area contributed by atoms with Crippen LogP contribution in [0.15, 0.2) is 110 Å². The fourth-order valence-electron chi connectivity index (χ4n) is 11.6. The number of nitrogens with zero attached hydrogens (tertiary/aromatic N) is 13. The highest BCUT2D eigenvalue weighted by Gasteiger charge is 2.36. The van der Waals surface area contributed by atoms with Gasteiger partial charge in [0.1, 0.15) is 60.6 Å². The second kappa shape index (κ2) is 54.1. The van der Waals surface area contributed by atoms with Gasteiger partial charge in [0.25, 0.3) is 0 Å². The van der Waals surface area contributed by atoms with Gasteiger partial charge in [-0.3, -0.25) is 52.8 Å². The average Bonchev–Trinajstić information content (AvgIpc) is 0.917. The zero-order valence-electron chi connectivity index (χ0n) is 65.2. The first-order valence-corrected chi connectivity index (χ1v) is 37.9. The lowest BCUT2D eigenvalue weighted by Gasteiger charge is -2.39. The Bertz CT molecular complexity index is 3250. The van der Waals surface area contributed by atoms with Crippen molar-refractivity contribution in [3.8, 4) is 0 Å². The molecule has 6 aromatic rings. The van der Waals surface area contributed by atoms with Crippen molar-refractivity contribution in [1.29, 1.82) is 0 Å². The summed E-state index contributed by atoms with van der Waals surface area (Å²) in [6.45, 7) is 15.7. The summed E-state index contributed by atoms with van der Waals surface area (Å²) in [5, 5.41) is 26.6. The van der Waals surface area contributed by atoms with E-state index >= 15 is 14.4 Å². The van der Waals surface area contributed by atoms with Crippen LogP contribution in [-0.4, -0.2) is 311 Å². The maximum absolute atomic E-state index is 15.4. The number of hydrogen-bond acceptors (Lipinski definition) is 30. The maximum atomic E-state index is 15.4. The Morgan fingerprint density at radius 3 is 0.891 bits per heavy atom. The lowest BCUT2D eigenvalue weighted by atomic mass is 10.1. The first kappa shape index (κ1) is 89.5. The maximum Gasteiger partial charge on any atom is 0.323 e. The number of carbonyl (C=O) groups is 4. The van der Waals surface area contributed by atoms with Crippen molar-refractivity contribution >= 4 is 23.9 Å². The Labute approximate surface area is 646 Å². The van der Waals surface area contributed by atoms with Gasteiger partial charge in [0.15, 0.2) is 0 Å². The number of ether oxygens (including phenoxy) is 16. The fraction of sp³-hybridized carbons (Fsp3) is 0.636. The van der Waals surface area contributed by atoms with Crippen LogP contribution in [0.2, 0.25) is 0 Å². The molecule has 0 unspecified atom stereocenters. The second-order valence-corrected chi connectivity index (χ2v) is 26.9. The summed E-state index contributed by atoms with van der Waals surface area (Å²) >= 11 is 0. The molecule has 110 heavy (non-hydrogen) atoms. The van der Waals surface area contributed by atoms with E-state index in [1.54, 1.807) is 54.0 Å². The van der Waals surface area contributed by atoms with Crippen molar-refractivity contribution in [2.45, 2.75) is 123 Å².